The van der Waals surface area contributed by atoms with E-state index in [2.05, 4.69) is 37.9 Å². The summed E-state index contributed by atoms with van der Waals surface area (Å²) in [5.74, 6) is 2.26. The number of halogens is 1. The first-order chi connectivity index (χ1) is 9.69. The first-order valence-corrected chi connectivity index (χ1v) is 8.82. The number of rotatable bonds is 3. The minimum absolute atomic E-state index is 0.580. The number of aromatic nitrogens is 3. The molecule has 20 heavy (non-hydrogen) atoms. The summed E-state index contributed by atoms with van der Waals surface area (Å²) in [5.41, 5.74) is 2.23. The highest BCUT2D eigenvalue weighted by atomic mass is 127. The van der Waals surface area contributed by atoms with Crippen molar-refractivity contribution in [3.05, 3.63) is 20.3 Å². The smallest absolute Gasteiger partial charge is 0.191 e. The van der Waals surface area contributed by atoms with Crippen LogP contribution in [0.5, 0.6) is 0 Å². The van der Waals surface area contributed by atoms with Crippen LogP contribution in [0.25, 0.3) is 10.8 Å². The molecule has 0 amide bonds. The van der Waals surface area contributed by atoms with Crippen molar-refractivity contribution in [2.45, 2.75) is 38.5 Å². The number of hydrogen-bond acceptors (Lipinski definition) is 5. The van der Waals surface area contributed by atoms with Crippen molar-refractivity contribution in [3.63, 3.8) is 0 Å². The lowest BCUT2D eigenvalue weighted by Gasteiger charge is -2.14. The van der Waals surface area contributed by atoms with Crippen molar-refractivity contribution in [2.24, 2.45) is 0 Å². The summed E-state index contributed by atoms with van der Waals surface area (Å²) >= 11 is 3.98. The molecule has 0 radical (unpaired) electrons. The van der Waals surface area contributed by atoms with Gasteiger partial charge in [0.05, 0.1) is 9.26 Å². The second kappa shape index (κ2) is 5.93. The van der Waals surface area contributed by atoms with Gasteiger partial charge in [-0.25, -0.2) is 15.0 Å². The molecule has 0 aliphatic heterocycles. The average Bonchev–Trinajstić information content (AvgIpc) is 3.10. The molecule has 0 bridgehead atoms. The summed E-state index contributed by atoms with van der Waals surface area (Å²) in [7, 11) is 1.92. The molecular weight excluding hydrogens is 383 g/mol. The number of aryl methyl sites for hydroxylation is 1. The van der Waals surface area contributed by atoms with E-state index in [1.54, 1.807) is 11.3 Å². The Bertz CT molecular complexity index is 620. The predicted octanol–water partition coefficient (Wildman–Crippen LogP) is 4.21. The van der Waals surface area contributed by atoms with Gasteiger partial charge >= 0.3 is 0 Å². The van der Waals surface area contributed by atoms with Crippen molar-refractivity contribution in [1.29, 1.82) is 0 Å². The molecule has 6 heteroatoms. The van der Waals surface area contributed by atoms with Crippen LogP contribution in [-0.4, -0.2) is 22.0 Å². The maximum atomic E-state index is 4.84. The largest absolute Gasteiger partial charge is 0.372 e. The zero-order valence-electron chi connectivity index (χ0n) is 11.6. The molecule has 106 valence electrons. The van der Waals surface area contributed by atoms with Gasteiger partial charge in [0.15, 0.2) is 10.8 Å². The van der Waals surface area contributed by atoms with Gasteiger partial charge in [-0.05, 0) is 42.4 Å². The van der Waals surface area contributed by atoms with Crippen LogP contribution in [0.4, 0.5) is 5.82 Å². The van der Waals surface area contributed by atoms with Gasteiger partial charge in [-0.2, -0.15) is 0 Å². The summed E-state index contributed by atoms with van der Waals surface area (Å²) in [6.07, 6.45) is 5.11. The summed E-state index contributed by atoms with van der Waals surface area (Å²) in [4.78, 5) is 14.0. The van der Waals surface area contributed by atoms with E-state index < -0.39 is 0 Å². The first-order valence-electron chi connectivity index (χ1n) is 6.86. The van der Waals surface area contributed by atoms with E-state index >= 15 is 0 Å². The topological polar surface area (TPSA) is 50.7 Å². The fraction of sp³-hybridized carbons (Fsp3) is 0.500. The van der Waals surface area contributed by atoms with E-state index in [0.29, 0.717) is 5.92 Å². The first kappa shape index (κ1) is 14.2. The fourth-order valence-electron chi connectivity index (χ4n) is 2.65. The minimum atomic E-state index is 0.580. The second-order valence-electron chi connectivity index (χ2n) is 5.12. The number of anilines is 1. The fourth-order valence-corrected chi connectivity index (χ4v) is 4.33. The molecule has 0 spiro atoms. The summed E-state index contributed by atoms with van der Waals surface area (Å²) in [5, 5.41) is 6.15. The molecule has 2 aromatic heterocycles. The molecule has 2 heterocycles. The van der Waals surface area contributed by atoms with Gasteiger partial charge in [-0.1, -0.05) is 12.8 Å². The zero-order chi connectivity index (χ0) is 14.1. The van der Waals surface area contributed by atoms with Gasteiger partial charge in [-0.3, -0.25) is 0 Å². The standard InChI is InChI=1S/C14H17IN4S/c1-8-7-20-14(17-8)13-18-11(9-5-3-4-6-9)10(15)12(16-2)19-13/h7,9H,3-6H2,1-2H3,(H,16,18,19). The van der Waals surface area contributed by atoms with E-state index in [4.69, 9.17) is 4.98 Å². The quantitative estimate of drug-likeness (QED) is 0.785. The van der Waals surface area contributed by atoms with Gasteiger partial charge in [0.2, 0.25) is 0 Å². The van der Waals surface area contributed by atoms with Crippen LogP contribution in [0, 0.1) is 10.5 Å². The van der Waals surface area contributed by atoms with Crippen LogP contribution in [0.15, 0.2) is 5.38 Å². The maximum Gasteiger partial charge on any atom is 0.191 e. The van der Waals surface area contributed by atoms with Crippen LogP contribution in [0.2, 0.25) is 0 Å². The number of nitrogens with zero attached hydrogens (tertiary/aromatic N) is 3. The molecule has 1 aliphatic carbocycles. The Balaban J connectivity index is 2.09. The van der Waals surface area contributed by atoms with Crippen LogP contribution in [0.1, 0.15) is 43.0 Å². The molecule has 0 saturated heterocycles. The molecule has 0 aromatic carbocycles. The van der Waals surface area contributed by atoms with Gasteiger partial charge in [0, 0.05) is 24.0 Å². The summed E-state index contributed by atoms with van der Waals surface area (Å²) in [6.45, 7) is 2.00. The molecule has 1 fully saturated rings. The Morgan fingerprint density at radius 2 is 2.00 bits per heavy atom. The van der Waals surface area contributed by atoms with Crippen molar-refractivity contribution in [2.75, 3.05) is 12.4 Å². The van der Waals surface area contributed by atoms with E-state index in [1.807, 2.05) is 19.4 Å². The molecule has 1 saturated carbocycles. The molecule has 1 aliphatic rings. The lowest BCUT2D eigenvalue weighted by Crippen LogP contribution is -2.08. The Morgan fingerprint density at radius 3 is 2.60 bits per heavy atom. The molecule has 4 nitrogen and oxygen atoms in total. The van der Waals surface area contributed by atoms with Crippen molar-refractivity contribution in [1.82, 2.24) is 15.0 Å². The molecule has 0 unspecified atom stereocenters. The Labute approximate surface area is 136 Å². The van der Waals surface area contributed by atoms with E-state index in [1.165, 1.54) is 31.4 Å². The Morgan fingerprint density at radius 1 is 1.25 bits per heavy atom. The normalized spacial score (nSPS) is 15.8. The lowest BCUT2D eigenvalue weighted by molar-refractivity contribution is 0.690. The third kappa shape index (κ3) is 2.67. The van der Waals surface area contributed by atoms with Crippen molar-refractivity contribution >= 4 is 39.7 Å². The predicted molar refractivity (Wildman–Crippen MR) is 91.3 cm³/mol. The third-order valence-corrected chi connectivity index (χ3v) is 5.69. The van der Waals surface area contributed by atoms with E-state index in [0.717, 1.165) is 25.9 Å². The maximum absolute atomic E-state index is 4.84. The molecule has 0 atom stereocenters. The molecule has 2 aromatic rings. The monoisotopic (exact) mass is 400 g/mol. The summed E-state index contributed by atoms with van der Waals surface area (Å²) < 4.78 is 1.16. The molecule has 1 N–H and O–H groups in total. The van der Waals surface area contributed by atoms with Crippen LogP contribution in [0.3, 0.4) is 0 Å². The van der Waals surface area contributed by atoms with Crippen LogP contribution >= 0.6 is 33.9 Å². The molecule has 3 rings (SSSR count). The second-order valence-corrected chi connectivity index (χ2v) is 7.06. The SMILES string of the molecule is CNc1nc(-c2nc(C)cs2)nc(C2CCCC2)c1I. The van der Waals surface area contributed by atoms with Gasteiger partial charge in [0.25, 0.3) is 0 Å². The highest BCUT2D eigenvalue weighted by Gasteiger charge is 2.24. The van der Waals surface area contributed by atoms with E-state index in [-0.39, 0.29) is 0 Å². The highest BCUT2D eigenvalue weighted by molar-refractivity contribution is 14.1. The Hall–Kier alpha value is -0.760. The van der Waals surface area contributed by atoms with Crippen molar-refractivity contribution < 1.29 is 0 Å². The van der Waals surface area contributed by atoms with Gasteiger partial charge in [-0.15, -0.1) is 11.3 Å². The number of hydrogen-bond donors (Lipinski definition) is 1. The zero-order valence-corrected chi connectivity index (χ0v) is 14.6. The summed E-state index contributed by atoms with van der Waals surface area (Å²) in [6, 6.07) is 0. The van der Waals surface area contributed by atoms with Crippen LogP contribution < -0.4 is 5.32 Å². The van der Waals surface area contributed by atoms with Crippen molar-refractivity contribution in [3.8, 4) is 10.8 Å². The highest BCUT2D eigenvalue weighted by Crippen LogP contribution is 2.38. The van der Waals surface area contributed by atoms with Gasteiger partial charge in [0.1, 0.15) is 5.82 Å². The lowest BCUT2D eigenvalue weighted by atomic mass is 10.0. The third-order valence-electron chi connectivity index (χ3n) is 3.67. The number of thiazole rings is 1. The van der Waals surface area contributed by atoms with Crippen LogP contribution in [-0.2, 0) is 0 Å². The molecular formula is C14H17IN4S. The van der Waals surface area contributed by atoms with Gasteiger partial charge < -0.3 is 5.32 Å². The van der Waals surface area contributed by atoms with E-state index in [9.17, 15) is 0 Å². The minimum Gasteiger partial charge on any atom is -0.372 e. The average molecular weight is 400 g/mol. The Kier molecular flexibility index (Phi) is 4.21. The number of nitrogens with one attached hydrogen (secondary N) is 1.